The summed E-state index contributed by atoms with van der Waals surface area (Å²) in [6.07, 6.45) is -0.0970. The van der Waals surface area contributed by atoms with Crippen molar-refractivity contribution in [2.75, 3.05) is 0 Å². The van der Waals surface area contributed by atoms with E-state index in [1.807, 2.05) is 13.8 Å². The highest BCUT2D eigenvalue weighted by Crippen LogP contribution is 2.08. The largest absolute Gasteiger partial charge is 0.480 e. The first-order chi connectivity index (χ1) is 13.7. The Morgan fingerprint density at radius 3 is 1.53 bits per heavy atom. The van der Waals surface area contributed by atoms with E-state index in [4.69, 9.17) is 11.5 Å². The van der Waals surface area contributed by atoms with Crippen LogP contribution in [-0.4, -0.2) is 58.9 Å². The highest BCUT2D eigenvalue weighted by molar-refractivity contribution is 5.96. The fourth-order valence-corrected chi connectivity index (χ4v) is 2.65. The van der Waals surface area contributed by atoms with Crippen LogP contribution >= 0.6 is 0 Å². The van der Waals surface area contributed by atoms with Crippen LogP contribution in [-0.2, 0) is 24.0 Å². The Hall–Kier alpha value is -2.69. The van der Waals surface area contributed by atoms with Crippen molar-refractivity contribution in [1.29, 1.82) is 0 Å². The Labute approximate surface area is 176 Å². The molecule has 4 atom stereocenters. The van der Waals surface area contributed by atoms with Crippen LogP contribution in [0.2, 0.25) is 0 Å². The molecule has 172 valence electrons. The number of amides is 4. The van der Waals surface area contributed by atoms with E-state index in [1.54, 1.807) is 13.8 Å². The predicted octanol–water partition coefficient (Wildman–Crippen LogP) is -1.16. The molecule has 0 saturated heterocycles. The topological polar surface area (TPSA) is 194 Å². The fourth-order valence-electron chi connectivity index (χ4n) is 2.65. The van der Waals surface area contributed by atoms with Gasteiger partial charge in [-0.1, -0.05) is 27.7 Å². The van der Waals surface area contributed by atoms with Gasteiger partial charge in [-0.05, 0) is 31.6 Å². The van der Waals surface area contributed by atoms with Crippen LogP contribution in [0.3, 0.4) is 0 Å². The van der Waals surface area contributed by atoms with Crippen molar-refractivity contribution in [3.05, 3.63) is 0 Å². The molecule has 0 aromatic carbocycles. The first-order valence-corrected chi connectivity index (χ1v) is 9.92. The highest BCUT2D eigenvalue weighted by Gasteiger charge is 2.31. The number of aliphatic carboxylic acids is 1. The molecule has 8 N–H and O–H groups in total. The Kier molecular flexibility index (Phi) is 11.6. The van der Waals surface area contributed by atoms with Gasteiger partial charge in [0.15, 0.2) is 0 Å². The summed E-state index contributed by atoms with van der Waals surface area (Å²) < 4.78 is 0. The van der Waals surface area contributed by atoms with Crippen LogP contribution in [0, 0.1) is 11.8 Å². The summed E-state index contributed by atoms with van der Waals surface area (Å²) in [5, 5.41) is 16.5. The van der Waals surface area contributed by atoms with Crippen molar-refractivity contribution < 1.29 is 29.1 Å². The third-order valence-electron chi connectivity index (χ3n) is 4.11. The first-order valence-electron chi connectivity index (χ1n) is 9.92. The van der Waals surface area contributed by atoms with Crippen molar-refractivity contribution in [3.8, 4) is 0 Å². The van der Waals surface area contributed by atoms with E-state index in [0.29, 0.717) is 0 Å². The van der Waals surface area contributed by atoms with Gasteiger partial charge in [-0.2, -0.15) is 0 Å². The summed E-state index contributed by atoms with van der Waals surface area (Å²) >= 11 is 0. The lowest BCUT2D eigenvalue weighted by Gasteiger charge is -2.25. The molecule has 0 aromatic heterocycles. The Bertz CT molecular complexity index is 635. The number of carboxylic acid groups (broad SMARTS) is 1. The van der Waals surface area contributed by atoms with Gasteiger partial charge in [-0.25, -0.2) is 4.79 Å². The minimum absolute atomic E-state index is 0.0144. The van der Waals surface area contributed by atoms with Gasteiger partial charge in [0.05, 0.1) is 12.5 Å². The average Bonchev–Trinajstić information content (AvgIpc) is 2.58. The zero-order chi connectivity index (χ0) is 23.6. The van der Waals surface area contributed by atoms with Crippen LogP contribution in [0.25, 0.3) is 0 Å². The molecular weight excluding hydrogens is 394 g/mol. The molecule has 0 aliphatic carbocycles. The summed E-state index contributed by atoms with van der Waals surface area (Å²) in [4.78, 5) is 60.0. The molecule has 30 heavy (non-hydrogen) atoms. The molecule has 0 spiro atoms. The Morgan fingerprint density at radius 1 is 0.733 bits per heavy atom. The molecule has 0 aromatic rings. The van der Waals surface area contributed by atoms with E-state index in [2.05, 4.69) is 16.0 Å². The number of nitrogens with two attached hydrogens (primary N) is 2. The number of carbonyl (C=O) groups is 5. The maximum Gasteiger partial charge on any atom is 0.326 e. The van der Waals surface area contributed by atoms with Crippen molar-refractivity contribution in [2.24, 2.45) is 23.3 Å². The van der Waals surface area contributed by atoms with Crippen LogP contribution in [0.5, 0.6) is 0 Å². The molecule has 0 fully saturated rings. The lowest BCUT2D eigenvalue weighted by molar-refractivity contribution is -0.143. The van der Waals surface area contributed by atoms with Crippen LogP contribution in [0.15, 0.2) is 0 Å². The number of rotatable bonds is 13. The first kappa shape index (κ1) is 27.3. The fraction of sp³-hybridized carbons (Fsp3) is 0.737. The zero-order valence-electron chi connectivity index (χ0n) is 18.2. The molecule has 0 radical (unpaired) electrons. The van der Waals surface area contributed by atoms with Crippen LogP contribution < -0.4 is 27.4 Å². The molecular formula is C19H35N5O6. The number of carboxylic acids is 1. The average molecular weight is 430 g/mol. The zero-order valence-corrected chi connectivity index (χ0v) is 18.2. The second-order valence-corrected chi connectivity index (χ2v) is 8.24. The molecule has 0 bridgehead atoms. The SMILES string of the molecule is CC(C)CC(NC(=O)C(CC(N)=O)NC(=O)C(CC(C)C)NC(=O)C(C)N)C(=O)O. The number of hydrogen-bond acceptors (Lipinski definition) is 6. The maximum atomic E-state index is 12.7. The smallest absolute Gasteiger partial charge is 0.326 e. The standard InChI is InChI=1S/C19H35N5O6/c1-9(2)6-12(22-16(26)11(5)20)17(27)23-13(8-15(21)25)18(28)24-14(19(29)30)7-10(3)4/h9-14H,6-8,20H2,1-5H3,(H2,21,25)(H,22,26)(H,23,27)(H,24,28)(H,29,30). The lowest BCUT2D eigenvalue weighted by Crippen LogP contribution is -2.57. The molecule has 0 aliphatic rings. The van der Waals surface area contributed by atoms with E-state index < -0.39 is 60.2 Å². The second-order valence-electron chi connectivity index (χ2n) is 8.24. The van der Waals surface area contributed by atoms with Crippen molar-refractivity contribution in [3.63, 3.8) is 0 Å². The Morgan fingerprint density at radius 2 is 1.13 bits per heavy atom. The maximum absolute atomic E-state index is 12.7. The third kappa shape index (κ3) is 10.7. The van der Waals surface area contributed by atoms with Crippen molar-refractivity contribution in [2.45, 2.75) is 78.0 Å². The normalized spacial score (nSPS) is 15.1. The molecule has 0 saturated carbocycles. The van der Waals surface area contributed by atoms with Gasteiger partial charge in [0, 0.05) is 0 Å². The van der Waals surface area contributed by atoms with Crippen LogP contribution in [0.4, 0.5) is 0 Å². The molecule has 0 heterocycles. The van der Waals surface area contributed by atoms with E-state index in [-0.39, 0.29) is 24.7 Å². The summed E-state index contributed by atoms with van der Waals surface area (Å²) in [6, 6.07) is -4.40. The summed E-state index contributed by atoms with van der Waals surface area (Å²) in [7, 11) is 0. The minimum Gasteiger partial charge on any atom is -0.480 e. The third-order valence-corrected chi connectivity index (χ3v) is 4.11. The Balaban J connectivity index is 5.45. The molecule has 0 aliphatic heterocycles. The molecule has 11 heteroatoms. The van der Waals surface area contributed by atoms with Crippen molar-refractivity contribution >= 4 is 29.6 Å². The summed E-state index contributed by atoms with van der Waals surface area (Å²) in [5.41, 5.74) is 10.7. The van der Waals surface area contributed by atoms with E-state index in [0.717, 1.165) is 0 Å². The minimum atomic E-state index is -1.38. The molecule has 0 rings (SSSR count). The van der Waals surface area contributed by atoms with E-state index >= 15 is 0 Å². The second kappa shape index (κ2) is 12.8. The summed E-state index contributed by atoms with van der Waals surface area (Å²) in [6.45, 7) is 8.74. The number of primary amides is 1. The molecule has 4 unspecified atom stereocenters. The monoisotopic (exact) mass is 429 g/mol. The van der Waals surface area contributed by atoms with E-state index in [1.165, 1.54) is 6.92 Å². The number of hydrogen-bond donors (Lipinski definition) is 6. The quantitative estimate of drug-likeness (QED) is 0.212. The summed E-state index contributed by atoms with van der Waals surface area (Å²) in [5.74, 6) is -4.17. The van der Waals surface area contributed by atoms with Gasteiger partial charge in [0.2, 0.25) is 23.6 Å². The van der Waals surface area contributed by atoms with Gasteiger partial charge in [0.25, 0.3) is 0 Å². The van der Waals surface area contributed by atoms with Crippen LogP contribution in [0.1, 0.15) is 53.9 Å². The lowest BCUT2D eigenvalue weighted by atomic mass is 10.0. The van der Waals surface area contributed by atoms with E-state index in [9.17, 15) is 29.1 Å². The van der Waals surface area contributed by atoms with Crippen molar-refractivity contribution in [1.82, 2.24) is 16.0 Å². The number of nitrogens with one attached hydrogen (secondary N) is 3. The van der Waals surface area contributed by atoms with Gasteiger partial charge >= 0.3 is 5.97 Å². The van der Waals surface area contributed by atoms with Gasteiger partial charge in [-0.3, -0.25) is 19.2 Å². The molecule has 11 nitrogen and oxygen atoms in total. The van der Waals surface area contributed by atoms with Gasteiger partial charge in [0.1, 0.15) is 18.1 Å². The highest BCUT2D eigenvalue weighted by atomic mass is 16.4. The predicted molar refractivity (Wildman–Crippen MR) is 110 cm³/mol. The van der Waals surface area contributed by atoms with Gasteiger partial charge in [-0.15, -0.1) is 0 Å². The molecule has 4 amide bonds. The van der Waals surface area contributed by atoms with Gasteiger partial charge < -0.3 is 32.5 Å². The number of carbonyl (C=O) groups excluding carboxylic acids is 4.